The van der Waals surface area contributed by atoms with Gasteiger partial charge in [0.2, 0.25) is 17.7 Å². The van der Waals surface area contributed by atoms with Crippen molar-refractivity contribution < 1.29 is 32.7 Å². The Labute approximate surface area is 322 Å². The zero-order valence-electron chi connectivity index (χ0n) is 30.0. The van der Waals surface area contributed by atoms with E-state index in [-0.39, 0.29) is 58.7 Å². The van der Waals surface area contributed by atoms with E-state index < -0.39 is 18.6 Å². The van der Waals surface area contributed by atoms with Crippen LogP contribution >= 0.6 is 23.4 Å². The standard InChI is InChI=1S/C37H46ClFN8O6S/c1-52-27-12-5-10-24(38)33(27)35(50)45-25(11-6-16-41-30(40)19-39)36-43-20-28(53-36)22-8-4-9-23(18-22)44-32(49)15-7-17-42-31(48)14-3-2-13-29-34-26(21-54-29)46-37(51)47-34/h4-5,8-10,12,18,20,25-26,29,34H,2-3,6-7,11,13-17,19,21H2,1H3,(H2,40,41)(H,42,48)(H,44,49)(H,45,50)(H2,46,47,51)/t25-,26-,29-,34-/m0/s1. The number of carbonyl (C=O) groups is 4. The van der Waals surface area contributed by atoms with Crippen LogP contribution in [0.4, 0.5) is 14.9 Å². The Balaban J connectivity index is 1.08. The molecule has 0 unspecified atom stereocenters. The lowest BCUT2D eigenvalue weighted by Gasteiger charge is -2.18. The Morgan fingerprint density at radius 1 is 1.07 bits per heavy atom. The number of urea groups is 1. The molecule has 2 fully saturated rings. The molecule has 5 rings (SSSR count). The minimum atomic E-state index is -0.905. The fraction of sp³-hybridized carbons (Fsp3) is 0.459. The number of nitrogens with zero attached hydrogens (tertiary/aromatic N) is 1. The van der Waals surface area contributed by atoms with Crippen molar-refractivity contribution in [3.8, 4) is 17.1 Å². The van der Waals surface area contributed by atoms with Crippen molar-refractivity contribution in [3.05, 3.63) is 65.1 Å². The molecule has 0 bridgehead atoms. The number of halogens is 2. The largest absolute Gasteiger partial charge is 0.496 e. The minimum absolute atomic E-state index is 0.0401. The summed E-state index contributed by atoms with van der Waals surface area (Å²) in [7, 11) is 1.44. The van der Waals surface area contributed by atoms with E-state index >= 15 is 0 Å². The molecule has 54 heavy (non-hydrogen) atoms. The average molecular weight is 785 g/mol. The molecule has 1 aromatic heterocycles. The molecule has 4 atom stereocenters. The lowest BCUT2D eigenvalue weighted by Crippen LogP contribution is -2.36. The number of rotatable bonds is 20. The number of hydrogen-bond donors (Lipinski definition) is 7. The Morgan fingerprint density at radius 3 is 2.69 bits per heavy atom. The maximum absolute atomic E-state index is 13.4. The van der Waals surface area contributed by atoms with Crippen molar-refractivity contribution in [1.29, 1.82) is 5.41 Å². The second-order valence-corrected chi connectivity index (χ2v) is 14.7. The van der Waals surface area contributed by atoms with Gasteiger partial charge in [0, 0.05) is 48.2 Å². The number of amidine groups is 1. The van der Waals surface area contributed by atoms with Crippen molar-refractivity contribution in [1.82, 2.24) is 31.6 Å². The first-order valence-corrected chi connectivity index (χ1v) is 19.4. The van der Waals surface area contributed by atoms with E-state index in [4.69, 9.17) is 26.2 Å². The Hall–Kier alpha value is -4.83. The number of anilines is 1. The molecule has 2 aliphatic rings. The number of fused-ring (bicyclic) bond motifs is 1. The van der Waals surface area contributed by atoms with Crippen LogP contribution in [0.2, 0.25) is 5.02 Å². The number of aromatic nitrogens is 1. The third kappa shape index (κ3) is 11.3. The summed E-state index contributed by atoms with van der Waals surface area (Å²) in [5, 5.41) is 25.4. The van der Waals surface area contributed by atoms with Crippen molar-refractivity contribution in [2.75, 3.05) is 37.9 Å². The van der Waals surface area contributed by atoms with E-state index in [2.05, 4.69) is 36.9 Å². The van der Waals surface area contributed by atoms with E-state index in [9.17, 15) is 23.6 Å². The summed E-state index contributed by atoms with van der Waals surface area (Å²) < 4.78 is 24.2. The molecule has 3 heterocycles. The van der Waals surface area contributed by atoms with E-state index in [1.165, 1.54) is 13.3 Å². The smallest absolute Gasteiger partial charge is 0.315 e. The highest BCUT2D eigenvalue weighted by Gasteiger charge is 2.42. The Bertz CT molecular complexity index is 1800. The van der Waals surface area contributed by atoms with Gasteiger partial charge in [-0.25, -0.2) is 14.2 Å². The average Bonchev–Trinajstić information content (AvgIpc) is 3.90. The van der Waals surface area contributed by atoms with Gasteiger partial charge in [0.05, 0.1) is 36.0 Å². The number of carbonyl (C=O) groups excluding carboxylic acids is 4. The van der Waals surface area contributed by atoms with E-state index in [1.54, 1.807) is 42.5 Å². The molecule has 0 spiro atoms. The van der Waals surface area contributed by atoms with Crippen LogP contribution in [0.25, 0.3) is 11.3 Å². The predicted molar refractivity (Wildman–Crippen MR) is 206 cm³/mol. The van der Waals surface area contributed by atoms with Gasteiger partial charge in [0.25, 0.3) is 5.91 Å². The Kier molecular flexibility index (Phi) is 15.0. The van der Waals surface area contributed by atoms with Crippen LogP contribution in [-0.2, 0) is 9.59 Å². The highest BCUT2D eigenvalue weighted by molar-refractivity contribution is 8.00. The third-order valence-electron chi connectivity index (χ3n) is 9.11. The van der Waals surface area contributed by atoms with Gasteiger partial charge in [-0.15, -0.1) is 0 Å². The van der Waals surface area contributed by atoms with E-state index in [0.717, 1.165) is 25.0 Å². The highest BCUT2D eigenvalue weighted by Crippen LogP contribution is 2.33. The fourth-order valence-corrected chi connectivity index (χ4v) is 8.17. The lowest BCUT2D eigenvalue weighted by atomic mass is 10.0. The SMILES string of the molecule is COc1cccc(Cl)c1C(=O)N[C@@H](CCCNC(=N)CF)c1ncc(-c2cccc(NC(=O)CCCNC(=O)CCCC[C@@H]3SC[C@@H]4NC(=O)N[C@@H]43)c2)o1. The van der Waals surface area contributed by atoms with Crippen LogP contribution in [0.3, 0.4) is 0 Å². The summed E-state index contributed by atoms with van der Waals surface area (Å²) >= 11 is 8.21. The van der Waals surface area contributed by atoms with Gasteiger partial charge < -0.3 is 41.1 Å². The molecule has 0 radical (unpaired) electrons. The van der Waals surface area contributed by atoms with Crippen molar-refractivity contribution in [3.63, 3.8) is 0 Å². The van der Waals surface area contributed by atoms with Crippen molar-refractivity contribution in [2.45, 2.75) is 74.7 Å². The molecule has 5 amide bonds. The van der Waals surface area contributed by atoms with Crippen LogP contribution in [0, 0.1) is 5.41 Å². The van der Waals surface area contributed by atoms with Crippen LogP contribution < -0.4 is 36.6 Å². The van der Waals surface area contributed by atoms with Crippen LogP contribution in [0.5, 0.6) is 5.75 Å². The number of nitrogens with one attached hydrogen (secondary N) is 7. The summed E-state index contributed by atoms with van der Waals surface area (Å²) in [6, 6.07) is 11.5. The minimum Gasteiger partial charge on any atom is -0.496 e. The number of thioether (sulfide) groups is 1. The number of oxazole rings is 1. The van der Waals surface area contributed by atoms with E-state index in [1.807, 2.05) is 11.8 Å². The molecule has 0 aliphatic carbocycles. The second-order valence-electron chi connectivity index (χ2n) is 13.0. The van der Waals surface area contributed by atoms with Gasteiger partial charge in [-0.1, -0.05) is 36.2 Å². The molecule has 0 saturated carbocycles. The van der Waals surface area contributed by atoms with Gasteiger partial charge in [-0.05, 0) is 56.4 Å². The first kappa shape index (κ1) is 40.4. The molecule has 14 nitrogen and oxygen atoms in total. The quantitative estimate of drug-likeness (QED) is 0.0342. The number of methoxy groups -OCH3 is 1. The zero-order chi connectivity index (χ0) is 38.5. The van der Waals surface area contributed by atoms with E-state index in [0.29, 0.717) is 66.8 Å². The summed E-state index contributed by atoms with van der Waals surface area (Å²) in [6.45, 7) is -0.213. The molecule has 3 aromatic rings. The molecule has 17 heteroatoms. The first-order chi connectivity index (χ1) is 26.1. The van der Waals surface area contributed by atoms with Crippen LogP contribution in [0.1, 0.15) is 73.7 Å². The normalized spacial score (nSPS) is 17.8. The van der Waals surface area contributed by atoms with Gasteiger partial charge >= 0.3 is 6.03 Å². The monoisotopic (exact) mass is 784 g/mol. The van der Waals surface area contributed by atoms with Crippen molar-refractivity contribution in [2.24, 2.45) is 0 Å². The first-order valence-electron chi connectivity index (χ1n) is 18.0. The lowest BCUT2D eigenvalue weighted by molar-refractivity contribution is -0.121. The maximum Gasteiger partial charge on any atom is 0.315 e. The number of hydrogen-bond acceptors (Lipinski definition) is 9. The Morgan fingerprint density at radius 2 is 1.87 bits per heavy atom. The zero-order valence-corrected chi connectivity index (χ0v) is 31.5. The topological polar surface area (TPSA) is 200 Å². The predicted octanol–water partition coefficient (Wildman–Crippen LogP) is 5.35. The van der Waals surface area contributed by atoms with Crippen LogP contribution in [0.15, 0.2) is 53.1 Å². The van der Waals surface area contributed by atoms with Crippen LogP contribution in [-0.4, -0.2) is 84.5 Å². The molecule has 290 valence electrons. The molecule has 2 aliphatic heterocycles. The summed E-state index contributed by atoms with van der Waals surface area (Å²) in [5.74, 6) is 0.878. The molecule has 7 N–H and O–H groups in total. The molecule has 2 aromatic carbocycles. The number of benzene rings is 2. The third-order valence-corrected chi connectivity index (χ3v) is 10.9. The molecule has 2 saturated heterocycles. The van der Waals surface area contributed by atoms with Crippen molar-refractivity contribution >= 4 is 58.6 Å². The number of ether oxygens (including phenoxy) is 1. The highest BCUT2D eigenvalue weighted by atomic mass is 35.5. The molecular weight excluding hydrogens is 739 g/mol. The fourth-order valence-electron chi connectivity index (χ4n) is 6.37. The number of unbranched alkanes of at least 4 members (excludes halogenated alkanes) is 1. The second kappa shape index (κ2) is 20.0. The van der Waals surface area contributed by atoms with Gasteiger partial charge in [-0.3, -0.25) is 19.8 Å². The van der Waals surface area contributed by atoms with Gasteiger partial charge in [0.1, 0.15) is 24.3 Å². The van der Waals surface area contributed by atoms with Gasteiger partial charge in [0.15, 0.2) is 5.76 Å². The number of alkyl halides is 1. The summed E-state index contributed by atoms with van der Waals surface area (Å²) in [6.07, 6.45) is 6.08. The summed E-state index contributed by atoms with van der Waals surface area (Å²) in [4.78, 5) is 54.4. The number of amides is 5. The summed E-state index contributed by atoms with van der Waals surface area (Å²) in [5.41, 5.74) is 1.35. The molecular formula is C37H46ClFN8O6S. The van der Waals surface area contributed by atoms with Gasteiger partial charge in [-0.2, -0.15) is 11.8 Å². The maximum atomic E-state index is 13.4.